The molecule has 312 valence electrons. The van der Waals surface area contributed by atoms with Gasteiger partial charge in [-0.3, -0.25) is 9.59 Å². The minimum Gasteiger partial charge on any atom is -0.489 e. The Morgan fingerprint density at radius 3 is 1.33 bits per heavy atom. The average Bonchev–Trinajstić information content (AvgIpc) is 3.57. The maximum absolute atomic E-state index is 13.3. The number of benzene rings is 5. The van der Waals surface area contributed by atoms with E-state index in [1.807, 2.05) is 50.2 Å². The maximum atomic E-state index is 13.3. The van der Waals surface area contributed by atoms with Crippen molar-refractivity contribution in [2.75, 3.05) is 23.7 Å². The molecule has 2 amide bonds. The standard InChI is InChI=1S/C26H26N2O4S.C20H22N2O4S/c1-2-3-18-28-26(29)24(25(33(28,30)31)21-12-8-5-9-13-21)27-22-14-16-23(17-15-22)32-19-20-10-6-4-7-11-20;1-2-3-13-22-20(24)18(21-17-11-9-15(14-23)10-12-17)19(27(22,25)26)16-7-5-4-6-8-16/h4-17,27H,2-3,18-19H2,1H3;4-12,21,23H,2-3,13-14H2,1H3. The predicted molar refractivity (Wildman–Crippen MR) is 235 cm³/mol. The lowest BCUT2D eigenvalue weighted by Crippen LogP contribution is -2.33. The van der Waals surface area contributed by atoms with Gasteiger partial charge in [0.25, 0.3) is 31.9 Å². The molecule has 0 bridgehead atoms. The largest absolute Gasteiger partial charge is 0.489 e. The van der Waals surface area contributed by atoms with Crippen molar-refractivity contribution in [3.05, 3.63) is 173 Å². The summed E-state index contributed by atoms with van der Waals surface area (Å²) in [6.07, 6.45) is 2.78. The number of nitrogens with zero attached hydrogens (tertiary/aromatic N) is 2. The molecule has 0 fully saturated rings. The van der Waals surface area contributed by atoms with Gasteiger partial charge in [0.05, 0.1) is 6.61 Å². The van der Waals surface area contributed by atoms with E-state index < -0.39 is 31.9 Å². The van der Waals surface area contributed by atoms with Gasteiger partial charge in [0.1, 0.15) is 33.6 Å². The van der Waals surface area contributed by atoms with E-state index in [4.69, 9.17) is 9.84 Å². The van der Waals surface area contributed by atoms with Crippen LogP contribution in [0.15, 0.2) is 151 Å². The fourth-order valence-corrected chi connectivity index (χ4v) is 9.99. The van der Waals surface area contributed by atoms with Crippen LogP contribution in [0.4, 0.5) is 11.4 Å². The quantitative estimate of drug-likeness (QED) is 0.0889. The van der Waals surface area contributed by atoms with Gasteiger partial charge in [-0.2, -0.15) is 0 Å². The molecule has 2 aliphatic rings. The lowest BCUT2D eigenvalue weighted by atomic mass is 10.1. The topological polar surface area (TPSA) is 162 Å². The summed E-state index contributed by atoms with van der Waals surface area (Å²) in [6, 6.07) is 41.2. The van der Waals surface area contributed by atoms with E-state index in [1.54, 1.807) is 103 Å². The summed E-state index contributed by atoms with van der Waals surface area (Å²) < 4.78 is 60.4. The van der Waals surface area contributed by atoms with Crippen LogP contribution in [0, 0.1) is 0 Å². The summed E-state index contributed by atoms with van der Waals surface area (Å²) in [5.41, 5.74) is 4.04. The molecule has 0 unspecified atom stereocenters. The van der Waals surface area contributed by atoms with E-state index in [9.17, 15) is 26.4 Å². The summed E-state index contributed by atoms with van der Waals surface area (Å²) >= 11 is 0. The third-order valence-corrected chi connectivity index (χ3v) is 13.5. The van der Waals surface area contributed by atoms with Crippen molar-refractivity contribution in [2.45, 2.75) is 52.7 Å². The molecule has 5 aromatic carbocycles. The number of ether oxygens (including phenoxy) is 1. The van der Waals surface area contributed by atoms with Gasteiger partial charge in [-0.15, -0.1) is 0 Å². The zero-order chi connectivity index (χ0) is 42.7. The fraction of sp³-hybridized carbons (Fsp3) is 0.217. The van der Waals surface area contributed by atoms with Gasteiger partial charge < -0.3 is 20.5 Å². The zero-order valence-corrected chi connectivity index (χ0v) is 35.1. The number of carbonyl (C=O) groups excluding carboxylic acids is 2. The van der Waals surface area contributed by atoms with E-state index in [-0.39, 0.29) is 40.9 Å². The molecule has 0 spiro atoms. The molecule has 5 aromatic rings. The highest BCUT2D eigenvalue weighted by atomic mass is 32.2. The van der Waals surface area contributed by atoms with Crippen LogP contribution in [0.5, 0.6) is 5.75 Å². The number of anilines is 2. The van der Waals surface area contributed by atoms with E-state index in [0.717, 1.165) is 32.6 Å². The highest BCUT2D eigenvalue weighted by Crippen LogP contribution is 2.38. The Morgan fingerprint density at radius 1 is 0.533 bits per heavy atom. The van der Waals surface area contributed by atoms with Crippen LogP contribution < -0.4 is 15.4 Å². The van der Waals surface area contributed by atoms with Crippen LogP contribution in [-0.2, 0) is 42.8 Å². The predicted octanol–water partition coefficient (Wildman–Crippen LogP) is 7.95. The van der Waals surface area contributed by atoms with Crippen LogP contribution in [-0.4, -0.2) is 55.5 Å². The molecular weight excluding hydrogens is 801 g/mol. The van der Waals surface area contributed by atoms with Crippen molar-refractivity contribution < 1.29 is 36.3 Å². The Hall–Kier alpha value is -6.22. The molecular formula is C46H48N4O8S2. The number of carbonyl (C=O) groups is 2. The third-order valence-electron chi connectivity index (χ3n) is 9.71. The second-order valence-electron chi connectivity index (χ2n) is 14.0. The number of hydrogen-bond donors (Lipinski definition) is 3. The van der Waals surface area contributed by atoms with Crippen molar-refractivity contribution in [2.24, 2.45) is 0 Å². The molecule has 2 heterocycles. The van der Waals surface area contributed by atoms with Crippen LogP contribution in [0.1, 0.15) is 61.8 Å². The number of aliphatic hydroxyl groups is 1. The molecule has 7 rings (SSSR count). The Kier molecular flexibility index (Phi) is 14.2. The van der Waals surface area contributed by atoms with Crippen molar-refractivity contribution in [1.82, 2.24) is 8.61 Å². The summed E-state index contributed by atoms with van der Waals surface area (Å²) in [5.74, 6) is -0.406. The number of rotatable bonds is 16. The van der Waals surface area contributed by atoms with Gasteiger partial charge in [-0.25, -0.2) is 25.4 Å². The monoisotopic (exact) mass is 848 g/mol. The smallest absolute Gasteiger partial charge is 0.285 e. The van der Waals surface area contributed by atoms with Crippen molar-refractivity contribution in [3.8, 4) is 5.75 Å². The minimum absolute atomic E-state index is 0.00422. The maximum Gasteiger partial charge on any atom is 0.285 e. The number of amides is 2. The average molecular weight is 849 g/mol. The van der Waals surface area contributed by atoms with Gasteiger partial charge in [0, 0.05) is 24.5 Å². The van der Waals surface area contributed by atoms with Gasteiger partial charge >= 0.3 is 0 Å². The molecule has 0 saturated carbocycles. The molecule has 3 N–H and O–H groups in total. The molecule has 60 heavy (non-hydrogen) atoms. The first kappa shape index (κ1) is 43.4. The summed E-state index contributed by atoms with van der Waals surface area (Å²) in [5, 5.41) is 15.2. The van der Waals surface area contributed by atoms with E-state index in [0.29, 0.717) is 47.7 Å². The second-order valence-corrected chi connectivity index (χ2v) is 17.6. The number of nitrogens with one attached hydrogen (secondary N) is 2. The normalized spacial score (nSPS) is 15.5. The molecule has 0 atom stereocenters. The molecule has 2 aliphatic heterocycles. The lowest BCUT2D eigenvalue weighted by molar-refractivity contribution is -0.122. The molecule has 0 aliphatic carbocycles. The first-order valence-electron chi connectivity index (χ1n) is 19.7. The number of sulfonamides is 2. The summed E-state index contributed by atoms with van der Waals surface area (Å²) in [4.78, 5) is 26.1. The summed E-state index contributed by atoms with van der Waals surface area (Å²) in [7, 11) is -7.87. The zero-order valence-electron chi connectivity index (χ0n) is 33.5. The number of hydrogen-bond acceptors (Lipinski definition) is 10. The molecule has 0 aromatic heterocycles. The Labute approximate surface area is 351 Å². The van der Waals surface area contributed by atoms with Crippen molar-refractivity contribution >= 4 is 53.0 Å². The van der Waals surface area contributed by atoms with Crippen LogP contribution in [0.25, 0.3) is 9.81 Å². The Bertz CT molecular complexity index is 2550. The SMILES string of the molecule is CCCCN1C(=O)C(Nc2ccc(CO)cc2)=C(c2ccccc2)S1(=O)=O.CCCCN1C(=O)C(Nc2ccc(OCc3ccccc3)cc2)=C(c2ccccc2)S1(=O)=O. The minimum atomic E-state index is -3.94. The highest BCUT2D eigenvalue weighted by molar-refractivity contribution is 8.00. The van der Waals surface area contributed by atoms with Gasteiger partial charge in [0.2, 0.25) is 0 Å². The highest BCUT2D eigenvalue weighted by Gasteiger charge is 2.45. The number of aliphatic hydroxyl groups excluding tert-OH is 1. The van der Waals surface area contributed by atoms with Crippen LogP contribution in [0.2, 0.25) is 0 Å². The molecule has 12 nitrogen and oxygen atoms in total. The Balaban J connectivity index is 0.000000205. The van der Waals surface area contributed by atoms with E-state index >= 15 is 0 Å². The van der Waals surface area contributed by atoms with Crippen molar-refractivity contribution in [1.29, 1.82) is 0 Å². The first-order chi connectivity index (χ1) is 29.0. The number of unbranched alkanes of at least 4 members (excludes halogenated alkanes) is 2. The molecule has 0 saturated heterocycles. The van der Waals surface area contributed by atoms with E-state index in [2.05, 4.69) is 10.6 Å². The van der Waals surface area contributed by atoms with E-state index in [1.165, 1.54) is 0 Å². The molecule has 14 heteroatoms. The third kappa shape index (κ3) is 9.79. The summed E-state index contributed by atoms with van der Waals surface area (Å²) in [6.45, 7) is 4.57. The van der Waals surface area contributed by atoms with Crippen LogP contribution >= 0.6 is 0 Å². The van der Waals surface area contributed by atoms with Crippen molar-refractivity contribution in [3.63, 3.8) is 0 Å². The fourth-order valence-electron chi connectivity index (χ4n) is 6.53. The molecule has 0 radical (unpaired) electrons. The van der Waals surface area contributed by atoms with Gasteiger partial charge in [0.15, 0.2) is 0 Å². The van der Waals surface area contributed by atoms with Gasteiger partial charge in [-0.05, 0) is 71.5 Å². The van der Waals surface area contributed by atoms with Crippen LogP contribution in [0.3, 0.4) is 0 Å². The first-order valence-corrected chi connectivity index (χ1v) is 22.6. The lowest BCUT2D eigenvalue weighted by Gasteiger charge is -2.16. The Morgan fingerprint density at radius 2 is 0.933 bits per heavy atom. The second kappa shape index (κ2) is 19.7. The van der Waals surface area contributed by atoms with Gasteiger partial charge in [-0.1, -0.05) is 130 Å².